The summed E-state index contributed by atoms with van der Waals surface area (Å²) in [4.78, 5) is 40.2. The van der Waals surface area contributed by atoms with E-state index in [0.29, 0.717) is 28.3 Å². The molecule has 156 valence electrons. The van der Waals surface area contributed by atoms with Crippen LogP contribution in [0.1, 0.15) is 36.1 Å². The highest BCUT2D eigenvalue weighted by Crippen LogP contribution is 2.38. The molecule has 1 unspecified atom stereocenters. The number of aromatic amines is 1. The topological polar surface area (TPSA) is 115 Å². The van der Waals surface area contributed by atoms with Crippen molar-refractivity contribution in [3.05, 3.63) is 51.4 Å². The smallest absolute Gasteiger partial charge is 0.327 e. The maximum Gasteiger partial charge on any atom is 0.327 e. The minimum atomic E-state index is -0.472. The third kappa shape index (κ3) is 3.42. The molecule has 1 atom stereocenters. The number of nitrogens with one attached hydrogen (secondary N) is 2. The van der Waals surface area contributed by atoms with Crippen LogP contribution in [0.3, 0.4) is 0 Å². The lowest BCUT2D eigenvalue weighted by Crippen LogP contribution is -2.29. The Labute approximate surface area is 172 Å². The lowest BCUT2D eigenvalue weighted by atomic mass is 9.86. The summed E-state index contributed by atoms with van der Waals surface area (Å²) < 4.78 is 11.6. The second-order valence-electron chi connectivity index (χ2n) is 7.12. The van der Waals surface area contributed by atoms with Crippen LogP contribution in [-0.2, 0) is 20.9 Å². The lowest BCUT2D eigenvalue weighted by molar-refractivity contribution is -0.144. The Bertz CT molecular complexity index is 1210. The number of ether oxygens (including phenoxy) is 2. The number of rotatable bonds is 5. The van der Waals surface area contributed by atoms with E-state index in [-0.39, 0.29) is 31.0 Å². The predicted molar refractivity (Wildman–Crippen MR) is 110 cm³/mol. The van der Waals surface area contributed by atoms with E-state index in [1.807, 2.05) is 12.1 Å². The molecule has 0 bridgehead atoms. The molecule has 9 nitrogen and oxygen atoms in total. The number of amides is 1. The number of benzene rings is 1. The maximum absolute atomic E-state index is 12.9. The number of pyridine rings is 1. The highest BCUT2D eigenvalue weighted by molar-refractivity contribution is 5.95. The van der Waals surface area contributed by atoms with Crippen LogP contribution in [0.4, 0.5) is 5.82 Å². The number of hydrogen-bond donors (Lipinski definition) is 2. The Hall–Kier alpha value is -3.62. The molecule has 2 aromatic heterocycles. The van der Waals surface area contributed by atoms with Gasteiger partial charge in [0.05, 0.1) is 24.9 Å². The molecule has 0 radical (unpaired) electrons. The van der Waals surface area contributed by atoms with Crippen molar-refractivity contribution in [1.29, 1.82) is 0 Å². The highest BCUT2D eigenvalue weighted by atomic mass is 16.5. The first-order valence-corrected chi connectivity index (χ1v) is 9.65. The Kier molecular flexibility index (Phi) is 5.03. The first-order chi connectivity index (χ1) is 14.4. The second-order valence-corrected chi connectivity index (χ2v) is 7.12. The van der Waals surface area contributed by atoms with E-state index in [9.17, 15) is 14.4 Å². The molecule has 1 aliphatic rings. The average Bonchev–Trinajstić information content (AvgIpc) is 3.01. The molecule has 1 aromatic carbocycles. The van der Waals surface area contributed by atoms with Crippen LogP contribution in [0.25, 0.3) is 10.9 Å². The van der Waals surface area contributed by atoms with Crippen LogP contribution >= 0.6 is 0 Å². The fraction of sp³-hybridized carbons (Fsp3) is 0.333. The standard InChI is InChI=1S/C21H22N4O5/c1-4-30-18(27)10-25-20-19(11(2)24-25)14(9-17(26)23-20)15-7-12-5-6-13(29-3)8-16(12)22-21(15)28/h5-8,14H,4,9-10H2,1-3H3,(H,22,28)(H,23,26). The van der Waals surface area contributed by atoms with Gasteiger partial charge in [0.2, 0.25) is 5.91 Å². The number of H-pyrrole nitrogens is 1. The summed E-state index contributed by atoms with van der Waals surface area (Å²) >= 11 is 0. The van der Waals surface area contributed by atoms with Crippen LogP contribution in [0.2, 0.25) is 0 Å². The van der Waals surface area contributed by atoms with Crippen LogP contribution < -0.4 is 15.6 Å². The number of hydrogen-bond acceptors (Lipinski definition) is 6. The summed E-state index contributed by atoms with van der Waals surface area (Å²) in [5.41, 5.74) is 2.23. The number of aromatic nitrogens is 3. The van der Waals surface area contributed by atoms with Gasteiger partial charge in [-0.05, 0) is 37.4 Å². The normalized spacial score (nSPS) is 15.6. The van der Waals surface area contributed by atoms with Gasteiger partial charge >= 0.3 is 5.97 Å². The van der Waals surface area contributed by atoms with E-state index < -0.39 is 11.9 Å². The van der Waals surface area contributed by atoms with E-state index in [1.165, 1.54) is 4.68 Å². The first kappa shape index (κ1) is 19.7. The Balaban J connectivity index is 1.81. The van der Waals surface area contributed by atoms with Crippen LogP contribution in [0.5, 0.6) is 5.75 Å². The largest absolute Gasteiger partial charge is 0.497 e. The number of esters is 1. The van der Waals surface area contributed by atoms with Gasteiger partial charge in [0.25, 0.3) is 5.56 Å². The molecular weight excluding hydrogens is 388 g/mol. The molecule has 4 rings (SSSR count). The van der Waals surface area contributed by atoms with Crippen molar-refractivity contribution in [2.45, 2.75) is 32.7 Å². The van der Waals surface area contributed by atoms with Crippen molar-refractivity contribution < 1.29 is 19.1 Å². The van der Waals surface area contributed by atoms with Gasteiger partial charge in [0, 0.05) is 29.5 Å². The molecule has 0 saturated carbocycles. The number of carbonyl (C=O) groups excluding carboxylic acids is 2. The van der Waals surface area contributed by atoms with Crippen LogP contribution in [0.15, 0.2) is 29.1 Å². The Morgan fingerprint density at radius 2 is 2.10 bits per heavy atom. The predicted octanol–water partition coefficient (Wildman–Crippen LogP) is 2.08. The third-order valence-electron chi connectivity index (χ3n) is 5.21. The molecule has 0 aliphatic carbocycles. The van der Waals surface area contributed by atoms with Gasteiger partial charge < -0.3 is 19.8 Å². The number of methoxy groups -OCH3 is 1. The zero-order valence-electron chi connectivity index (χ0n) is 16.9. The number of anilines is 1. The minimum Gasteiger partial charge on any atom is -0.497 e. The van der Waals surface area contributed by atoms with Gasteiger partial charge in [0.15, 0.2) is 0 Å². The quantitative estimate of drug-likeness (QED) is 0.622. The van der Waals surface area contributed by atoms with Crippen molar-refractivity contribution in [3.63, 3.8) is 0 Å². The fourth-order valence-corrected chi connectivity index (χ4v) is 3.91. The molecular formula is C21H22N4O5. The summed E-state index contributed by atoms with van der Waals surface area (Å²) in [6.45, 7) is 3.66. The van der Waals surface area contributed by atoms with Gasteiger partial charge in [-0.15, -0.1) is 0 Å². The lowest BCUT2D eigenvalue weighted by Gasteiger charge is -2.24. The SMILES string of the molecule is CCOC(=O)Cn1nc(C)c2c1NC(=O)CC2c1cc2ccc(OC)cc2[nH]c1=O. The number of fused-ring (bicyclic) bond motifs is 2. The van der Waals surface area contributed by atoms with Crippen LogP contribution in [0, 0.1) is 6.92 Å². The number of aryl methyl sites for hydroxylation is 1. The third-order valence-corrected chi connectivity index (χ3v) is 5.21. The minimum absolute atomic E-state index is 0.115. The monoisotopic (exact) mass is 410 g/mol. The molecule has 1 aliphatic heterocycles. The van der Waals surface area contributed by atoms with E-state index in [1.54, 1.807) is 33.1 Å². The summed E-state index contributed by atoms with van der Waals surface area (Å²) in [5.74, 6) is -0.0966. The van der Waals surface area contributed by atoms with Crippen molar-refractivity contribution in [3.8, 4) is 5.75 Å². The summed E-state index contributed by atoms with van der Waals surface area (Å²) in [7, 11) is 1.56. The van der Waals surface area contributed by atoms with E-state index in [2.05, 4.69) is 15.4 Å². The zero-order valence-corrected chi connectivity index (χ0v) is 16.9. The van der Waals surface area contributed by atoms with Gasteiger partial charge in [-0.2, -0.15) is 5.10 Å². The van der Waals surface area contributed by atoms with Crippen molar-refractivity contribution in [1.82, 2.24) is 14.8 Å². The molecule has 0 saturated heterocycles. The van der Waals surface area contributed by atoms with Gasteiger partial charge in [-0.25, -0.2) is 4.68 Å². The summed E-state index contributed by atoms with van der Waals surface area (Å²) in [6, 6.07) is 7.21. The Morgan fingerprint density at radius 1 is 1.30 bits per heavy atom. The van der Waals surface area contributed by atoms with Crippen molar-refractivity contribution in [2.75, 3.05) is 19.0 Å². The van der Waals surface area contributed by atoms with E-state index in [0.717, 1.165) is 10.9 Å². The second kappa shape index (κ2) is 7.66. The molecule has 1 amide bonds. The first-order valence-electron chi connectivity index (χ1n) is 9.65. The average molecular weight is 410 g/mol. The molecule has 0 spiro atoms. The maximum atomic E-state index is 12.9. The van der Waals surface area contributed by atoms with Crippen molar-refractivity contribution >= 4 is 28.6 Å². The zero-order chi connectivity index (χ0) is 21.4. The van der Waals surface area contributed by atoms with Crippen molar-refractivity contribution in [2.24, 2.45) is 0 Å². The molecule has 0 fully saturated rings. The number of nitrogens with zero attached hydrogens (tertiary/aromatic N) is 2. The van der Waals surface area contributed by atoms with Gasteiger partial charge in [0.1, 0.15) is 18.1 Å². The van der Waals surface area contributed by atoms with Gasteiger partial charge in [-0.1, -0.05) is 0 Å². The van der Waals surface area contributed by atoms with E-state index >= 15 is 0 Å². The van der Waals surface area contributed by atoms with E-state index in [4.69, 9.17) is 9.47 Å². The molecule has 9 heteroatoms. The highest BCUT2D eigenvalue weighted by Gasteiger charge is 2.34. The summed E-state index contributed by atoms with van der Waals surface area (Å²) in [6.07, 6.45) is 0.115. The molecule has 3 heterocycles. The molecule has 2 N–H and O–H groups in total. The molecule has 3 aromatic rings. The number of carbonyl (C=O) groups is 2. The molecule has 30 heavy (non-hydrogen) atoms. The van der Waals surface area contributed by atoms with Crippen LogP contribution in [-0.4, -0.2) is 40.4 Å². The fourth-order valence-electron chi connectivity index (χ4n) is 3.91. The Morgan fingerprint density at radius 3 is 2.83 bits per heavy atom. The summed E-state index contributed by atoms with van der Waals surface area (Å²) in [5, 5.41) is 8.03. The van der Waals surface area contributed by atoms with Gasteiger partial charge in [-0.3, -0.25) is 14.4 Å².